The third kappa shape index (κ3) is 3.08. The second-order valence-corrected chi connectivity index (χ2v) is 6.41. The zero-order valence-electron chi connectivity index (χ0n) is 13.6. The highest BCUT2D eigenvalue weighted by Crippen LogP contribution is 2.32. The highest BCUT2D eigenvalue weighted by Gasteiger charge is 2.30. The van der Waals surface area contributed by atoms with Gasteiger partial charge in [-0.15, -0.1) is 0 Å². The van der Waals surface area contributed by atoms with Crippen molar-refractivity contribution in [1.82, 2.24) is 10.2 Å². The molecule has 1 aromatic carbocycles. The standard InChI is InChI=1S/C17H22FN3O2/c1-11-12(13-4-6-15(22)19-17(13)23)3-5-14(16(11)18)21-9-7-20(2)8-10-21/h3,5,13H,4,6-10H2,1-2H3,(H,19,22,23). The van der Waals surface area contributed by atoms with Gasteiger partial charge in [0.1, 0.15) is 5.82 Å². The summed E-state index contributed by atoms with van der Waals surface area (Å²) in [5.74, 6) is -1.27. The topological polar surface area (TPSA) is 52.7 Å². The van der Waals surface area contributed by atoms with Crippen LogP contribution in [0.2, 0.25) is 0 Å². The minimum Gasteiger partial charge on any atom is -0.367 e. The molecular weight excluding hydrogens is 297 g/mol. The van der Waals surface area contributed by atoms with Crippen LogP contribution in [0.3, 0.4) is 0 Å². The summed E-state index contributed by atoms with van der Waals surface area (Å²) >= 11 is 0. The predicted molar refractivity (Wildman–Crippen MR) is 86.0 cm³/mol. The first-order valence-corrected chi connectivity index (χ1v) is 8.03. The van der Waals surface area contributed by atoms with Crippen LogP contribution in [0.4, 0.5) is 10.1 Å². The third-order valence-corrected chi connectivity index (χ3v) is 4.87. The number of nitrogens with zero attached hydrogens (tertiary/aromatic N) is 2. The maximum Gasteiger partial charge on any atom is 0.234 e. The first-order valence-electron chi connectivity index (χ1n) is 8.03. The van der Waals surface area contributed by atoms with Gasteiger partial charge in [-0.3, -0.25) is 14.9 Å². The van der Waals surface area contributed by atoms with Crippen LogP contribution in [0.25, 0.3) is 0 Å². The molecule has 0 aliphatic carbocycles. The molecule has 2 fully saturated rings. The quantitative estimate of drug-likeness (QED) is 0.838. The van der Waals surface area contributed by atoms with E-state index < -0.39 is 5.92 Å². The predicted octanol–water partition coefficient (Wildman–Crippen LogP) is 1.41. The second kappa shape index (κ2) is 6.28. The number of amides is 2. The number of carbonyl (C=O) groups excluding carboxylic acids is 2. The smallest absolute Gasteiger partial charge is 0.234 e. The Hall–Kier alpha value is -1.95. The van der Waals surface area contributed by atoms with E-state index in [-0.39, 0.29) is 17.6 Å². The molecule has 5 nitrogen and oxygen atoms in total. The fourth-order valence-electron chi connectivity index (χ4n) is 3.35. The van der Waals surface area contributed by atoms with Gasteiger partial charge in [-0.05, 0) is 37.6 Å². The van der Waals surface area contributed by atoms with Crippen LogP contribution in [-0.2, 0) is 9.59 Å². The minimum atomic E-state index is -0.441. The summed E-state index contributed by atoms with van der Waals surface area (Å²) in [5.41, 5.74) is 1.80. The summed E-state index contributed by atoms with van der Waals surface area (Å²) < 4.78 is 14.8. The molecular formula is C17H22FN3O2. The van der Waals surface area contributed by atoms with Crippen LogP contribution in [0, 0.1) is 12.7 Å². The molecule has 2 aliphatic heterocycles. The van der Waals surface area contributed by atoms with Crippen LogP contribution in [0.5, 0.6) is 0 Å². The molecule has 124 valence electrons. The molecule has 0 saturated carbocycles. The number of imide groups is 1. The highest BCUT2D eigenvalue weighted by atomic mass is 19.1. The molecule has 3 rings (SSSR count). The average molecular weight is 319 g/mol. The van der Waals surface area contributed by atoms with Gasteiger partial charge in [0.2, 0.25) is 11.8 Å². The Morgan fingerprint density at radius 3 is 2.52 bits per heavy atom. The number of benzene rings is 1. The molecule has 1 atom stereocenters. The molecule has 2 aliphatic rings. The number of piperidine rings is 1. The van der Waals surface area contributed by atoms with Gasteiger partial charge in [-0.2, -0.15) is 0 Å². The van der Waals surface area contributed by atoms with Crippen molar-refractivity contribution < 1.29 is 14.0 Å². The van der Waals surface area contributed by atoms with Crippen molar-refractivity contribution in [3.05, 3.63) is 29.1 Å². The second-order valence-electron chi connectivity index (χ2n) is 6.41. The molecule has 6 heteroatoms. The summed E-state index contributed by atoms with van der Waals surface area (Å²) in [6, 6.07) is 3.61. The van der Waals surface area contributed by atoms with E-state index in [2.05, 4.69) is 22.2 Å². The lowest BCUT2D eigenvalue weighted by Crippen LogP contribution is -2.45. The molecule has 2 heterocycles. The number of hydrogen-bond donors (Lipinski definition) is 1. The zero-order valence-corrected chi connectivity index (χ0v) is 13.6. The van der Waals surface area contributed by atoms with Gasteiger partial charge in [0.05, 0.1) is 11.6 Å². The van der Waals surface area contributed by atoms with Crippen molar-refractivity contribution in [3.63, 3.8) is 0 Å². The number of halogens is 1. The van der Waals surface area contributed by atoms with Crippen molar-refractivity contribution >= 4 is 17.5 Å². The number of rotatable bonds is 2. The molecule has 0 spiro atoms. The number of hydrogen-bond acceptors (Lipinski definition) is 4. The third-order valence-electron chi connectivity index (χ3n) is 4.87. The summed E-state index contributed by atoms with van der Waals surface area (Å²) in [5, 5.41) is 2.34. The van der Waals surface area contributed by atoms with E-state index >= 15 is 0 Å². The monoisotopic (exact) mass is 319 g/mol. The highest BCUT2D eigenvalue weighted by molar-refractivity contribution is 6.01. The van der Waals surface area contributed by atoms with Crippen LogP contribution in [0.15, 0.2) is 12.1 Å². The lowest BCUT2D eigenvalue weighted by molar-refractivity contribution is -0.134. The van der Waals surface area contributed by atoms with Gasteiger partial charge in [-0.25, -0.2) is 4.39 Å². The molecule has 2 amide bonds. The molecule has 1 aromatic rings. The van der Waals surface area contributed by atoms with Gasteiger partial charge in [0, 0.05) is 32.6 Å². The van der Waals surface area contributed by atoms with E-state index in [1.54, 1.807) is 13.0 Å². The first kappa shape index (κ1) is 15.9. The number of piperazine rings is 1. The lowest BCUT2D eigenvalue weighted by Gasteiger charge is -2.35. The van der Waals surface area contributed by atoms with Gasteiger partial charge >= 0.3 is 0 Å². The van der Waals surface area contributed by atoms with E-state index in [0.29, 0.717) is 29.7 Å². The van der Waals surface area contributed by atoms with Crippen LogP contribution in [-0.4, -0.2) is 49.9 Å². The summed E-state index contributed by atoms with van der Waals surface area (Å²) in [6.45, 7) is 5.13. The van der Waals surface area contributed by atoms with Gasteiger partial charge in [0.15, 0.2) is 0 Å². The van der Waals surface area contributed by atoms with E-state index in [1.165, 1.54) is 0 Å². The summed E-state index contributed by atoms with van der Waals surface area (Å²) in [4.78, 5) is 27.6. The van der Waals surface area contributed by atoms with Gasteiger partial charge in [-0.1, -0.05) is 6.07 Å². The van der Waals surface area contributed by atoms with Gasteiger partial charge in [0.25, 0.3) is 0 Å². The molecule has 0 bridgehead atoms. The fraction of sp³-hybridized carbons (Fsp3) is 0.529. The van der Waals surface area contributed by atoms with Gasteiger partial charge < -0.3 is 9.80 Å². The van der Waals surface area contributed by atoms with E-state index in [1.807, 2.05) is 6.07 Å². The fourth-order valence-corrected chi connectivity index (χ4v) is 3.35. The minimum absolute atomic E-state index is 0.251. The van der Waals surface area contributed by atoms with Crippen LogP contribution < -0.4 is 10.2 Å². The van der Waals surface area contributed by atoms with E-state index in [4.69, 9.17) is 0 Å². The van der Waals surface area contributed by atoms with E-state index in [9.17, 15) is 14.0 Å². The maximum atomic E-state index is 14.8. The molecule has 1 N–H and O–H groups in total. The summed E-state index contributed by atoms with van der Waals surface area (Å²) in [7, 11) is 2.06. The normalized spacial score (nSPS) is 23.1. The zero-order chi connectivity index (χ0) is 16.6. The number of likely N-dealkylation sites (N-methyl/N-ethyl adjacent to an activating group) is 1. The largest absolute Gasteiger partial charge is 0.367 e. The molecule has 23 heavy (non-hydrogen) atoms. The number of nitrogens with one attached hydrogen (secondary N) is 1. The Morgan fingerprint density at radius 1 is 1.17 bits per heavy atom. The van der Waals surface area contributed by atoms with Crippen molar-refractivity contribution in [1.29, 1.82) is 0 Å². The Morgan fingerprint density at radius 2 is 1.87 bits per heavy atom. The molecule has 0 aromatic heterocycles. The van der Waals surface area contributed by atoms with Crippen molar-refractivity contribution in [2.45, 2.75) is 25.7 Å². The molecule has 0 radical (unpaired) electrons. The van der Waals surface area contributed by atoms with E-state index in [0.717, 1.165) is 26.2 Å². The van der Waals surface area contributed by atoms with Crippen molar-refractivity contribution in [2.24, 2.45) is 0 Å². The first-order chi connectivity index (χ1) is 11.0. The Kier molecular flexibility index (Phi) is 4.35. The number of carbonyl (C=O) groups is 2. The Balaban J connectivity index is 1.86. The molecule has 2 saturated heterocycles. The Labute approximate surface area is 135 Å². The van der Waals surface area contributed by atoms with Crippen molar-refractivity contribution in [3.8, 4) is 0 Å². The Bertz CT molecular complexity index is 639. The average Bonchev–Trinajstić information content (AvgIpc) is 2.52. The SMILES string of the molecule is Cc1c(C2CCC(=O)NC2=O)ccc(N2CCN(C)CC2)c1F. The van der Waals surface area contributed by atoms with Crippen LogP contribution in [0.1, 0.15) is 29.9 Å². The maximum absolute atomic E-state index is 14.8. The molecule has 1 unspecified atom stereocenters. The van der Waals surface area contributed by atoms with Crippen molar-refractivity contribution in [2.75, 3.05) is 38.1 Å². The summed E-state index contributed by atoms with van der Waals surface area (Å²) in [6.07, 6.45) is 0.747. The number of anilines is 1. The lowest BCUT2D eigenvalue weighted by atomic mass is 9.87. The van der Waals surface area contributed by atoms with Crippen LogP contribution >= 0.6 is 0 Å².